The third-order valence-electron chi connectivity index (χ3n) is 3.43. The number of hydrogen-bond donors (Lipinski definition) is 0. The molecule has 0 fully saturated rings. The fourth-order valence-corrected chi connectivity index (χ4v) is 2.37. The van der Waals surface area contributed by atoms with E-state index in [1.165, 1.54) is 27.5 Å². The number of benzene rings is 3. The molecule has 0 heteroatoms. The summed E-state index contributed by atoms with van der Waals surface area (Å²) in [6.07, 6.45) is 4.39. The topological polar surface area (TPSA) is 0 Å². The van der Waals surface area contributed by atoms with Crippen molar-refractivity contribution in [1.82, 2.24) is 0 Å². The zero-order valence-corrected chi connectivity index (χ0v) is 11.0. The third-order valence-corrected chi connectivity index (χ3v) is 3.43. The summed E-state index contributed by atoms with van der Waals surface area (Å²) in [5.74, 6) is 0. The minimum Gasteiger partial charge on any atom is -0.0622 e. The molecule has 0 saturated carbocycles. The number of hydrogen-bond acceptors (Lipinski definition) is 0. The van der Waals surface area contributed by atoms with Crippen LogP contribution in [0, 0.1) is 6.92 Å². The first-order valence-electron chi connectivity index (χ1n) is 6.56. The van der Waals surface area contributed by atoms with Gasteiger partial charge < -0.3 is 0 Å². The second kappa shape index (κ2) is 5.11. The Bertz CT molecular complexity index is 721. The Morgan fingerprint density at radius 2 is 1.42 bits per heavy atom. The average molecular weight is 244 g/mol. The van der Waals surface area contributed by atoms with E-state index in [0.29, 0.717) is 0 Å². The summed E-state index contributed by atoms with van der Waals surface area (Å²) in [4.78, 5) is 0. The van der Waals surface area contributed by atoms with Crippen LogP contribution in [0.4, 0.5) is 0 Å². The molecule has 0 aliphatic heterocycles. The highest BCUT2D eigenvalue weighted by Crippen LogP contribution is 2.24. The molecule has 92 valence electrons. The van der Waals surface area contributed by atoms with E-state index in [1.54, 1.807) is 0 Å². The summed E-state index contributed by atoms with van der Waals surface area (Å²) in [5.41, 5.74) is 3.85. The molecule has 0 saturated heterocycles. The maximum absolute atomic E-state index is 2.22. The molecule has 3 aromatic rings. The summed E-state index contributed by atoms with van der Waals surface area (Å²) >= 11 is 0. The Morgan fingerprint density at radius 1 is 0.684 bits per heavy atom. The number of aryl methyl sites for hydroxylation is 1. The molecule has 0 atom stereocenters. The van der Waals surface area contributed by atoms with E-state index in [9.17, 15) is 0 Å². The van der Waals surface area contributed by atoms with E-state index in [2.05, 4.69) is 79.7 Å². The first-order valence-corrected chi connectivity index (χ1v) is 6.56. The lowest BCUT2D eigenvalue weighted by Gasteiger charge is -2.06. The van der Waals surface area contributed by atoms with Gasteiger partial charge in [0.2, 0.25) is 0 Å². The Balaban J connectivity index is 2.10. The van der Waals surface area contributed by atoms with Crippen molar-refractivity contribution < 1.29 is 0 Å². The minimum absolute atomic E-state index is 1.23. The quantitative estimate of drug-likeness (QED) is 0.535. The second-order valence-electron chi connectivity index (χ2n) is 4.76. The summed E-state index contributed by atoms with van der Waals surface area (Å²) in [5, 5.41) is 2.61. The van der Waals surface area contributed by atoms with Gasteiger partial charge in [-0.05, 0) is 34.4 Å². The van der Waals surface area contributed by atoms with Gasteiger partial charge in [0, 0.05) is 0 Å². The van der Waals surface area contributed by atoms with Gasteiger partial charge in [-0.1, -0.05) is 78.9 Å². The predicted molar refractivity (Wildman–Crippen MR) is 84.1 cm³/mol. The van der Waals surface area contributed by atoms with Crippen molar-refractivity contribution in [1.29, 1.82) is 0 Å². The fraction of sp³-hybridized carbons (Fsp3) is 0.0526. The van der Waals surface area contributed by atoms with Gasteiger partial charge in [0.25, 0.3) is 0 Å². The molecule has 0 radical (unpaired) electrons. The predicted octanol–water partition coefficient (Wildman–Crippen LogP) is 5.32. The first kappa shape index (κ1) is 11.7. The van der Waals surface area contributed by atoms with Gasteiger partial charge in [-0.2, -0.15) is 0 Å². The van der Waals surface area contributed by atoms with E-state index in [4.69, 9.17) is 0 Å². The first-order chi connectivity index (χ1) is 9.34. The van der Waals surface area contributed by atoms with Crippen LogP contribution in [0.25, 0.3) is 22.9 Å². The largest absolute Gasteiger partial charge is 0.0622 e. The highest BCUT2D eigenvalue weighted by Gasteiger charge is 2.00. The molecular weight excluding hydrogens is 228 g/mol. The molecule has 0 unspecified atom stereocenters. The lowest BCUT2D eigenvalue weighted by molar-refractivity contribution is 1.48. The summed E-state index contributed by atoms with van der Waals surface area (Å²) in [7, 11) is 0. The maximum atomic E-state index is 2.22. The van der Waals surface area contributed by atoms with E-state index in [1.807, 2.05) is 6.07 Å². The summed E-state index contributed by atoms with van der Waals surface area (Å²) < 4.78 is 0. The van der Waals surface area contributed by atoms with Crippen LogP contribution in [0.1, 0.15) is 16.7 Å². The summed E-state index contributed by atoms with van der Waals surface area (Å²) in [6.45, 7) is 2.16. The van der Waals surface area contributed by atoms with Crippen LogP contribution < -0.4 is 0 Å². The second-order valence-corrected chi connectivity index (χ2v) is 4.76. The van der Waals surface area contributed by atoms with Crippen molar-refractivity contribution in [3.63, 3.8) is 0 Å². The molecule has 0 spiro atoms. The highest BCUT2D eigenvalue weighted by atomic mass is 14.0. The van der Waals surface area contributed by atoms with Crippen molar-refractivity contribution >= 4 is 22.9 Å². The van der Waals surface area contributed by atoms with Crippen molar-refractivity contribution in [2.75, 3.05) is 0 Å². The molecular formula is C19H16. The third kappa shape index (κ3) is 2.43. The van der Waals surface area contributed by atoms with Gasteiger partial charge >= 0.3 is 0 Å². The zero-order chi connectivity index (χ0) is 13.1. The Kier molecular flexibility index (Phi) is 3.16. The Morgan fingerprint density at radius 3 is 2.26 bits per heavy atom. The van der Waals surface area contributed by atoms with E-state index < -0.39 is 0 Å². The van der Waals surface area contributed by atoms with Crippen LogP contribution in [0.5, 0.6) is 0 Å². The maximum Gasteiger partial charge on any atom is -0.0109 e. The molecule has 0 aliphatic carbocycles. The average Bonchev–Trinajstić information content (AvgIpc) is 2.47. The van der Waals surface area contributed by atoms with Crippen molar-refractivity contribution in [3.8, 4) is 0 Å². The van der Waals surface area contributed by atoms with Crippen LogP contribution >= 0.6 is 0 Å². The molecule has 19 heavy (non-hydrogen) atoms. The van der Waals surface area contributed by atoms with E-state index in [0.717, 1.165) is 0 Å². The molecule has 3 aromatic carbocycles. The monoisotopic (exact) mass is 244 g/mol. The molecule has 0 N–H and O–H groups in total. The van der Waals surface area contributed by atoms with Crippen LogP contribution in [-0.4, -0.2) is 0 Å². The molecule has 0 aromatic heterocycles. The lowest BCUT2D eigenvalue weighted by atomic mass is 9.99. The van der Waals surface area contributed by atoms with Gasteiger partial charge in [0.15, 0.2) is 0 Å². The summed E-state index contributed by atoms with van der Waals surface area (Å²) in [6, 6.07) is 23.3. The Hall–Kier alpha value is -2.34. The minimum atomic E-state index is 1.23. The molecule has 0 nitrogen and oxygen atoms in total. The van der Waals surface area contributed by atoms with Crippen LogP contribution in [-0.2, 0) is 0 Å². The normalized spacial score (nSPS) is 11.2. The van der Waals surface area contributed by atoms with E-state index in [-0.39, 0.29) is 0 Å². The van der Waals surface area contributed by atoms with Gasteiger partial charge in [-0.25, -0.2) is 0 Å². The van der Waals surface area contributed by atoms with Crippen molar-refractivity contribution in [2.45, 2.75) is 6.92 Å². The number of rotatable bonds is 2. The van der Waals surface area contributed by atoms with E-state index >= 15 is 0 Å². The molecule has 0 heterocycles. The Labute approximate surface area is 114 Å². The highest BCUT2D eigenvalue weighted by molar-refractivity contribution is 5.94. The smallest absolute Gasteiger partial charge is 0.0109 e. The number of fused-ring (bicyclic) bond motifs is 1. The SMILES string of the molecule is Cc1ccc2ccccc2c1C=Cc1ccccc1. The fourth-order valence-electron chi connectivity index (χ4n) is 2.37. The molecule has 0 bridgehead atoms. The van der Waals surface area contributed by atoms with Crippen LogP contribution in [0.2, 0.25) is 0 Å². The van der Waals surface area contributed by atoms with Gasteiger partial charge in [-0.15, -0.1) is 0 Å². The van der Waals surface area contributed by atoms with Crippen molar-refractivity contribution in [3.05, 3.63) is 83.4 Å². The van der Waals surface area contributed by atoms with Crippen LogP contribution in [0.15, 0.2) is 66.7 Å². The molecule has 0 amide bonds. The van der Waals surface area contributed by atoms with Gasteiger partial charge in [0.05, 0.1) is 0 Å². The van der Waals surface area contributed by atoms with Crippen LogP contribution in [0.3, 0.4) is 0 Å². The molecule has 0 aliphatic rings. The van der Waals surface area contributed by atoms with Gasteiger partial charge in [0.1, 0.15) is 0 Å². The van der Waals surface area contributed by atoms with Crippen molar-refractivity contribution in [2.24, 2.45) is 0 Å². The lowest BCUT2D eigenvalue weighted by Crippen LogP contribution is -1.83. The molecule has 3 rings (SSSR count). The zero-order valence-electron chi connectivity index (χ0n) is 11.0. The standard InChI is InChI=1S/C19H16/c1-15-11-13-17-9-5-6-10-19(17)18(15)14-12-16-7-3-2-4-8-16/h2-14H,1H3. The van der Waals surface area contributed by atoms with Gasteiger partial charge in [-0.3, -0.25) is 0 Å².